The van der Waals surface area contributed by atoms with Gasteiger partial charge in [-0.3, -0.25) is 4.79 Å². The zero-order valence-corrected chi connectivity index (χ0v) is 24.9. The van der Waals surface area contributed by atoms with Gasteiger partial charge in [0, 0.05) is 21.4 Å². The highest BCUT2D eigenvalue weighted by molar-refractivity contribution is 9.10. The minimum Gasteiger partial charge on any atom is -0.292 e. The van der Waals surface area contributed by atoms with E-state index in [1.807, 2.05) is 11.8 Å². The predicted molar refractivity (Wildman–Crippen MR) is 163 cm³/mol. The summed E-state index contributed by atoms with van der Waals surface area (Å²) in [4.78, 5) is 12.7. The second-order valence-electron chi connectivity index (χ2n) is 9.14. The maximum absolute atomic E-state index is 12.7. The molecule has 3 nitrogen and oxygen atoms in total. The third-order valence-electron chi connectivity index (χ3n) is 6.72. The van der Waals surface area contributed by atoms with Gasteiger partial charge in [-0.15, -0.1) is 0 Å². The van der Waals surface area contributed by atoms with E-state index in [2.05, 4.69) is 141 Å². The van der Waals surface area contributed by atoms with Crippen molar-refractivity contribution in [1.82, 2.24) is 0 Å². The van der Waals surface area contributed by atoms with E-state index in [4.69, 9.17) is 5.10 Å². The molecule has 1 atom stereocenters. The first-order chi connectivity index (χ1) is 17.8. The Morgan fingerprint density at radius 1 is 0.784 bits per heavy atom. The van der Waals surface area contributed by atoms with Crippen LogP contribution in [0.2, 0.25) is 0 Å². The number of aryl methyl sites for hydroxylation is 1. The Kier molecular flexibility index (Phi) is 6.38. The van der Waals surface area contributed by atoms with Crippen LogP contribution in [-0.4, -0.2) is 10.8 Å². The number of Topliss-reactive ketones (excluding diaryl/α,β-unsaturated/α-hetero) is 1. The Bertz CT molecular complexity index is 1490. The van der Waals surface area contributed by atoms with Crippen molar-refractivity contribution in [2.75, 3.05) is 5.01 Å². The van der Waals surface area contributed by atoms with Crippen LogP contribution < -0.4 is 5.01 Å². The Balaban J connectivity index is 1.64. The average Bonchev–Trinajstić information content (AvgIpc) is 3.43. The van der Waals surface area contributed by atoms with E-state index in [1.165, 1.54) is 22.3 Å². The van der Waals surface area contributed by atoms with Crippen molar-refractivity contribution in [2.45, 2.75) is 22.8 Å². The normalized spacial score (nSPS) is 19.7. The van der Waals surface area contributed by atoms with Crippen LogP contribution >= 0.6 is 55.4 Å². The predicted octanol–water partition coefficient (Wildman–Crippen LogP) is 8.82. The standard InChI is InChI=1S/C30H22Br2N2OS2/c1-19-7-17-25(18-8-19)34-30(36-28(33-34)20(2)35)27-6-4-3-5-26(27)29(37-30,21-9-13-23(31)14-10-21)22-11-15-24(32)16-12-22/h3-18H,1-2H3/t30-/m1/s1. The minimum atomic E-state index is -0.660. The summed E-state index contributed by atoms with van der Waals surface area (Å²) in [6, 6.07) is 34.1. The molecule has 6 rings (SSSR count). The molecule has 1 spiro atoms. The molecule has 2 heterocycles. The molecule has 0 aliphatic carbocycles. The number of hydrazone groups is 1. The largest absolute Gasteiger partial charge is 0.292 e. The van der Waals surface area contributed by atoms with E-state index in [0.29, 0.717) is 5.04 Å². The number of hydrogen-bond donors (Lipinski definition) is 0. The number of anilines is 1. The second kappa shape index (κ2) is 9.45. The summed E-state index contributed by atoms with van der Waals surface area (Å²) in [5, 5.41) is 7.50. The van der Waals surface area contributed by atoms with Crippen LogP contribution in [0.1, 0.15) is 34.7 Å². The summed E-state index contributed by atoms with van der Waals surface area (Å²) in [6.45, 7) is 3.68. The van der Waals surface area contributed by atoms with E-state index >= 15 is 0 Å². The summed E-state index contributed by atoms with van der Waals surface area (Å²) >= 11 is 10.6. The molecule has 0 radical (unpaired) electrons. The van der Waals surface area contributed by atoms with Crippen molar-refractivity contribution in [2.24, 2.45) is 5.10 Å². The van der Waals surface area contributed by atoms with Gasteiger partial charge in [0.25, 0.3) is 0 Å². The number of rotatable bonds is 4. The Morgan fingerprint density at radius 2 is 1.32 bits per heavy atom. The first-order valence-corrected chi connectivity index (χ1v) is 15.0. The maximum atomic E-state index is 12.7. The van der Waals surface area contributed by atoms with Gasteiger partial charge in [0.15, 0.2) is 15.0 Å². The van der Waals surface area contributed by atoms with E-state index in [1.54, 1.807) is 18.7 Å². The number of thioether (sulfide) groups is 2. The molecule has 2 aliphatic rings. The number of fused-ring (bicyclic) bond motifs is 2. The van der Waals surface area contributed by atoms with Crippen LogP contribution in [0.15, 0.2) is 111 Å². The number of benzene rings is 4. The Morgan fingerprint density at radius 3 is 1.86 bits per heavy atom. The number of halogens is 2. The molecule has 0 unspecified atom stereocenters. The zero-order valence-electron chi connectivity index (χ0n) is 20.1. The van der Waals surface area contributed by atoms with Crippen molar-refractivity contribution in [1.29, 1.82) is 0 Å². The molecule has 7 heteroatoms. The van der Waals surface area contributed by atoms with Gasteiger partial charge in [-0.25, -0.2) is 5.01 Å². The van der Waals surface area contributed by atoms with Gasteiger partial charge in [-0.2, -0.15) is 5.10 Å². The number of hydrogen-bond acceptors (Lipinski definition) is 5. The smallest absolute Gasteiger partial charge is 0.187 e. The number of carbonyl (C=O) groups excluding carboxylic acids is 1. The summed E-state index contributed by atoms with van der Waals surface area (Å²) < 4.78 is 0.891. The molecule has 4 aromatic carbocycles. The number of ketones is 1. The molecule has 0 N–H and O–H groups in total. The topological polar surface area (TPSA) is 32.7 Å². The zero-order chi connectivity index (χ0) is 25.8. The lowest BCUT2D eigenvalue weighted by atomic mass is 9.82. The molecule has 37 heavy (non-hydrogen) atoms. The van der Waals surface area contributed by atoms with Crippen LogP contribution in [0.4, 0.5) is 5.69 Å². The summed E-state index contributed by atoms with van der Waals surface area (Å²) in [5.74, 6) is -0.0261. The first-order valence-electron chi connectivity index (χ1n) is 11.8. The highest BCUT2D eigenvalue weighted by atomic mass is 79.9. The van der Waals surface area contributed by atoms with Crippen molar-refractivity contribution in [3.05, 3.63) is 134 Å². The van der Waals surface area contributed by atoms with Crippen LogP contribution in [-0.2, 0) is 13.7 Å². The fraction of sp³-hybridized carbons (Fsp3) is 0.133. The Labute approximate surface area is 242 Å². The lowest BCUT2D eigenvalue weighted by molar-refractivity contribution is -0.110. The first kappa shape index (κ1) is 25.0. The lowest BCUT2D eigenvalue weighted by Gasteiger charge is -2.37. The fourth-order valence-electron chi connectivity index (χ4n) is 4.99. The van der Waals surface area contributed by atoms with Crippen molar-refractivity contribution >= 4 is 71.9 Å². The van der Waals surface area contributed by atoms with Crippen LogP contribution in [0, 0.1) is 6.92 Å². The van der Waals surface area contributed by atoms with Gasteiger partial charge < -0.3 is 0 Å². The molecule has 0 fully saturated rings. The van der Waals surface area contributed by atoms with E-state index in [-0.39, 0.29) is 5.78 Å². The lowest BCUT2D eigenvalue weighted by Crippen LogP contribution is -2.34. The molecule has 0 aromatic heterocycles. The molecular weight excluding hydrogens is 628 g/mol. The van der Waals surface area contributed by atoms with E-state index in [0.717, 1.165) is 20.2 Å². The van der Waals surface area contributed by atoms with Crippen molar-refractivity contribution < 1.29 is 4.79 Å². The molecule has 2 aliphatic heterocycles. The second-order valence-corrected chi connectivity index (χ2v) is 13.8. The molecule has 0 bridgehead atoms. The molecule has 0 saturated heterocycles. The van der Waals surface area contributed by atoms with E-state index in [9.17, 15) is 4.79 Å². The van der Waals surface area contributed by atoms with Crippen molar-refractivity contribution in [3.63, 3.8) is 0 Å². The third kappa shape index (κ3) is 4.02. The van der Waals surface area contributed by atoms with Gasteiger partial charge in [0.05, 0.1) is 10.4 Å². The van der Waals surface area contributed by atoms with Gasteiger partial charge in [0.2, 0.25) is 0 Å². The molecule has 184 valence electrons. The molecular formula is C30H22Br2N2OS2. The Hall–Kier alpha value is -2.32. The van der Waals surface area contributed by atoms with Gasteiger partial charge in [0.1, 0.15) is 0 Å². The summed E-state index contributed by atoms with van der Waals surface area (Å²) in [5.41, 5.74) is 6.84. The number of carbonyl (C=O) groups is 1. The summed E-state index contributed by atoms with van der Waals surface area (Å²) in [6.07, 6.45) is 0. The van der Waals surface area contributed by atoms with Crippen LogP contribution in [0.3, 0.4) is 0 Å². The maximum Gasteiger partial charge on any atom is 0.187 e. The highest BCUT2D eigenvalue weighted by Crippen LogP contribution is 2.70. The quantitative estimate of drug-likeness (QED) is 0.221. The van der Waals surface area contributed by atoms with Gasteiger partial charge >= 0.3 is 0 Å². The molecule has 0 saturated carbocycles. The fourth-order valence-corrected chi connectivity index (χ4v) is 9.08. The van der Waals surface area contributed by atoms with Crippen LogP contribution in [0.5, 0.6) is 0 Å². The molecule has 4 aromatic rings. The van der Waals surface area contributed by atoms with Crippen molar-refractivity contribution in [3.8, 4) is 0 Å². The highest BCUT2D eigenvalue weighted by Gasteiger charge is 2.61. The van der Waals surface area contributed by atoms with Crippen LogP contribution in [0.25, 0.3) is 0 Å². The number of nitrogens with zero attached hydrogens (tertiary/aromatic N) is 2. The molecule has 0 amide bonds. The van der Waals surface area contributed by atoms with Gasteiger partial charge in [-0.1, -0.05) is 122 Å². The third-order valence-corrected chi connectivity index (χ3v) is 11.2. The SMILES string of the molecule is CC(=O)C1=NN(c2ccc(C)cc2)[C@]2(S1)SC(c1ccc(Br)cc1)(c1ccc(Br)cc1)c1ccccc12. The minimum absolute atomic E-state index is 0.0261. The average molecular weight is 650 g/mol. The monoisotopic (exact) mass is 648 g/mol. The summed E-state index contributed by atoms with van der Waals surface area (Å²) in [7, 11) is 0. The van der Waals surface area contributed by atoms with Gasteiger partial charge in [-0.05, 0) is 60.0 Å². The van der Waals surface area contributed by atoms with E-state index < -0.39 is 8.95 Å².